The summed E-state index contributed by atoms with van der Waals surface area (Å²) in [5.74, 6) is 0.609. The van der Waals surface area contributed by atoms with Crippen molar-refractivity contribution in [2.24, 2.45) is 0 Å². The predicted molar refractivity (Wildman–Crippen MR) is 72.9 cm³/mol. The van der Waals surface area contributed by atoms with E-state index in [4.69, 9.17) is 5.73 Å². The Morgan fingerprint density at radius 2 is 2.33 bits per heavy atom. The minimum Gasteiger partial charge on any atom is -0.398 e. The van der Waals surface area contributed by atoms with Crippen LogP contribution in [0.5, 0.6) is 0 Å². The van der Waals surface area contributed by atoms with Crippen LogP contribution >= 0.6 is 15.9 Å². The molecule has 5 nitrogen and oxygen atoms in total. The van der Waals surface area contributed by atoms with E-state index in [-0.39, 0.29) is 5.91 Å². The normalized spacial score (nSPS) is 10.3. The molecule has 0 spiro atoms. The number of hydrogen-bond donors (Lipinski definition) is 2. The first-order valence-corrected chi connectivity index (χ1v) is 6.16. The molecule has 1 aromatic carbocycles. The molecular formula is C12H13BrN4O. The van der Waals surface area contributed by atoms with Crippen molar-refractivity contribution >= 4 is 27.5 Å². The smallest absolute Gasteiger partial charge is 0.256 e. The molecule has 1 heterocycles. The van der Waals surface area contributed by atoms with Crippen molar-refractivity contribution in [3.8, 4) is 0 Å². The van der Waals surface area contributed by atoms with E-state index in [1.54, 1.807) is 42.5 Å². The van der Waals surface area contributed by atoms with Crippen LogP contribution in [-0.2, 0) is 6.54 Å². The van der Waals surface area contributed by atoms with Crippen LogP contribution in [-0.4, -0.2) is 27.8 Å². The second kappa shape index (κ2) is 5.22. The summed E-state index contributed by atoms with van der Waals surface area (Å²) in [4.78, 5) is 20.8. The predicted octanol–water partition coefficient (Wildman–Crippen LogP) is 2.03. The molecule has 0 aliphatic carbocycles. The number of amides is 1. The summed E-state index contributed by atoms with van der Waals surface area (Å²) < 4.78 is 0.852. The molecule has 0 radical (unpaired) electrons. The van der Waals surface area contributed by atoms with E-state index in [9.17, 15) is 4.79 Å². The number of rotatable bonds is 3. The van der Waals surface area contributed by atoms with Crippen molar-refractivity contribution in [2.75, 3.05) is 12.8 Å². The Hall–Kier alpha value is -1.82. The summed E-state index contributed by atoms with van der Waals surface area (Å²) in [5, 5.41) is 0. The molecule has 0 saturated heterocycles. The van der Waals surface area contributed by atoms with Crippen LogP contribution in [0, 0.1) is 0 Å². The fraction of sp³-hybridized carbons (Fsp3) is 0.167. The maximum atomic E-state index is 12.2. The lowest BCUT2D eigenvalue weighted by Gasteiger charge is -2.17. The number of imidazole rings is 1. The molecule has 94 valence electrons. The molecule has 0 aliphatic heterocycles. The van der Waals surface area contributed by atoms with Crippen LogP contribution in [0.2, 0.25) is 0 Å². The van der Waals surface area contributed by atoms with E-state index in [1.165, 1.54) is 0 Å². The van der Waals surface area contributed by atoms with Crippen molar-refractivity contribution in [1.29, 1.82) is 0 Å². The zero-order valence-corrected chi connectivity index (χ0v) is 11.4. The van der Waals surface area contributed by atoms with Crippen molar-refractivity contribution in [1.82, 2.24) is 14.9 Å². The fourth-order valence-electron chi connectivity index (χ4n) is 1.61. The fourth-order valence-corrected chi connectivity index (χ4v) is 1.99. The number of anilines is 1. The Labute approximate surface area is 113 Å². The quantitative estimate of drug-likeness (QED) is 0.852. The van der Waals surface area contributed by atoms with Crippen LogP contribution in [0.1, 0.15) is 16.2 Å². The minimum absolute atomic E-state index is 0.128. The number of H-pyrrole nitrogens is 1. The van der Waals surface area contributed by atoms with Crippen molar-refractivity contribution in [3.63, 3.8) is 0 Å². The van der Waals surface area contributed by atoms with E-state index >= 15 is 0 Å². The Morgan fingerprint density at radius 1 is 1.56 bits per heavy atom. The van der Waals surface area contributed by atoms with Gasteiger partial charge < -0.3 is 15.6 Å². The van der Waals surface area contributed by atoms with Gasteiger partial charge in [-0.3, -0.25) is 4.79 Å². The first-order chi connectivity index (χ1) is 8.58. The van der Waals surface area contributed by atoms with Gasteiger partial charge in [0.2, 0.25) is 0 Å². The highest BCUT2D eigenvalue weighted by atomic mass is 79.9. The lowest BCUT2D eigenvalue weighted by atomic mass is 10.1. The lowest BCUT2D eigenvalue weighted by molar-refractivity contribution is 0.0783. The molecule has 3 N–H and O–H groups in total. The molecule has 0 atom stereocenters. The van der Waals surface area contributed by atoms with Crippen LogP contribution in [0.25, 0.3) is 0 Å². The number of nitrogen functional groups attached to an aromatic ring is 1. The topological polar surface area (TPSA) is 75.0 Å². The van der Waals surface area contributed by atoms with Gasteiger partial charge in [0.25, 0.3) is 5.91 Å². The number of aromatic nitrogens is 2. The third-order valence-electron chi connectivity index (χ3n) is 2.53. The first-order valence-electron chi connectivity index (χ1n) is 5.36. The molecule has 2 aromatic rings. The number of halogens is 1. The highest BCUT2D eigenvalue weighted by molar-refractivity contribution is 9.10. The summed E-state index contributed by atoms with van der Waals surface area (Å²) in [5.41, 5.74) is 6.78. The van der Waals surface area contributed by atoms with Crippen molar-refractivity contribution in [2.45, 2.75) is 6.54 Å². The average Bonchev–Trinajstić information content (AvgIpc) is 2.81. The SMILES string of the molecule is CN(Cc1ncc[nH]1)C(=O)c1ccc(Br)cc1N. The molecule has 0 saturated carbocycles. The van der Waals surface area contributed by atoms with E-state index in [2.05, 4.69) is 25.9 Å². The van der Waals surface area contributed by atoms with Gasteiger partial charge in [-0.1, -0.05) is 15.9 Å². The van der Waals surface area contributed by atoms with Crippen molar-refractivity contribution < 1.29 is 4.79 Å². The van der Waals surface area contributed by atoms with Gasteiger partial charge in [-0.05, 0) is 18.2 Å². The summed E-state index contributed by atoms with van der Waals surface area (Å²) in [6.45, 7) is 0.418. The number of hydrogen-bond acceptors (Lipinski definition) is 3. The monoisotopic (exact) mass is 308 g/mol. The maximum Gasteiger partial charge on any atom is 0.256 e. The number of carbonyl (C=O) groups is 1. The maximum absolute atomic E-state index is 12.2. The van der Waals surface area contributed by atoms with Gasteiger partial charge in [0, 0.05) is 29.6 Å². The molecule has 0 unspecified atom stereocenters. The molecule has 0 fully saturated rings. The summed E-state index contributed by atoms with van der Waals surface area (Å²) in [6, 6.07) is 5.22. The highest BCUT2D eigenvalue weighted by Crippen LogP contribution is 2.20. The first kappa shape index (κ1) is 12.6. The molecule has 2 rings (SSSR count). The lowest BCUT2D eigenvalue weighted by Crippen LogP contribution is -2.27. The Kier molecular flexibility index (Phi) is 3.66. The number of carbonyl (C=O) groups excluding carboxylic acids is 1. The zero-order valence-electron chi connectivity index (χ0n) is 9.85. The number of nitrogens with zero attached hydrogens (tertiary/aromatic N) is 2. The zero-order chi connectivity index (χ0) is 13.1. The minimum atomic E-state index is -0.128. The molecule has 1 aromatic heterocycles. The van der Waals surface area contributed by atoms with Gasteiger partial charge in [0.1, 0.15) is 5.82 Å². The van der Waals surface area contributed by atoms with Crippen LogP contribution in [0.15, 0.2) is 35.1 Å². The van der Waals surface area contributed by atoms with Gasteiger partial charge >= 0.3 is 0 Å². The molecule has 18 heavy (non-hydrogen) atoms. The average molecular weight is 309 g/mol. The van der Waals surface area contributed by atoms with E-state index in [0.717, 1.165) is 10.3 Å². The number of nitrogens with two attached hydrogens (primary N) is 1. The number of aromatic amines is 1. The molecule has 0 aliphatic rings. The van der Waals surface area contributed by atoms with Gasteiger partial charge in [0.15, 0.2) is 0 Å². The Morgan fingerprint density at radius 3 is 2.94 bits per heavy atom. The van der Waals surface area contributed by atoms with Gasteiger partial charge in [-0.25, -0.2) is 4.98 Å². The highest BCUT2D eigenvalue weighted by Gasteiger charge is 2.15. The molecular weight excluding hydrogens is 296 g/mol. The van der Waals surface area contributed by atoms with Crippen LogP contribution in [0.4, 0.5) is 5.69 Å². The van der Waals surface area contributed by atoms with Gasteiger partial charge in [-0.15, -0.1) is 0 Å². The number of benzene rings is 1. The largest absolute Gasteiger partial charge is 0.398 e. The molecule has 6 heteroatoms. The number of nitrogens with one attached hydrogen (secondary N) is 1. The summed E-state index contributed by atoms with van der Waals surface area (Å²) >= 11 is 3.31. The Balaban J connectivity index is 2.15. The third-order valence-corrected chi connectivity index (χ3v) is 3.03. The standard InChI is InChI=1S/C12H13BrN4O/c1-17(7-11-15-4-5-16-11)12(18)9-3-2-8(13)6-10(9)14/h2-6H,7,14H2,1H3,(H,15,16). The van der Waals surface area contributed by atoms with Crippen LogP contribution in [0.3, 0.4) is 0 Å². The van der Waals surface area contributed by atoms with E-state index < -0.39 is 0 Å². The van der Waals surface area contributed by atoms with Gasteiger partial charge in [0.05, 0.1) is 12.1 Å². The molecule has 1 amide bonds. The summed E-state index contributed by atoms with van der Waals surface area (Å²) in [6.07, 6.45) is 3.38. The Bertz CT molecular complexity index is 553. The van der Waals surface area contributed by atoms with Crippen molar-refractivity contribution in [3.05, 3.63) is 46.5 Å². The van der Waals surface area contributed by atoms with E-state index in [0.29, 0.717) is 17.8 Å². The third kappa shape index (κ3) is 2.70. The van der Waals surface area contributed by atoms with Gasteiger partial charge in [-0.2, -0.15) is 0 Å². The second-order valence-corrected chi connectivity index (χ2v) is 4.84. The van der Waals surface area contributed by atoms with E-state index in [1.807, 2.05) is 0 Å². The second-order valence-electron chi connectivity index (χ2n) is 3.93. The summed E-state index contributed by atoms with van der Waals surface area (Å²) in [7, 11) is 1.71. The molecule has 0 bridgehead atoms. The van der Waals surface area contributed by atoms with Crippen LogP contribution < -0.4 is 5.73 Å².